The average Bonchev–Trinajstić information content (AvgIpc) is 2.80. The first kappa shape index (κ1) is 22.2. The standard InChI is InChI=1S/C24H26ClN5O2/c1-17(31)16-29-12-14-30(15-13-29)23(32)19-4-8-21(9-5-19)27-24-26-11-10-22(28-24)18-2-6-20(25)7-3-18/h2-11,17,31H,12-16H2,1H3,(H,26,27,28)/t17-/m0/s1. The molecule has 2 heterocycles. The van der Waals surface area contributed by atoms with Crippen LogP contribution in [0.15, 0.2) is 60.8 Å². The Balaban J connectivity index is 1.37. The highest BCUT2D eigenvalue weighted by Crippen LogP contribution is 2.22. The van der Waals surface area contributed by atoms with Crippen LogP contribution in [-0.2, 0) is 0 Å². The first-order valence-electron chi connectivity index (χ1n) is 10.6. The van der Waals surface area contributed by atoms with E-state index in [0.717, 1.165) is 30.0 Å². The Hall–Kier alpha value is -3.00. The van der Waals surface area contributed by atoms with Crippen LogP contribution in [0.1, 0.15) is 17.3 Å². The van der Waals surface area contributed by atoms with Crippen LogP contribution in [0.5, 0.6) is 0 Å². The molecule has 4 rings (SSSR count). The van der Waals surface area contributed by atoms with Crippen molar-refractivity contribution in [2.24, 2.45) is 0 Å². The fraction of sp³-hybridized carbons (Fsp3) is 0.292. The molecule has 0 radical (unpaired) electrons. The Kier molecular flexibility index (Phi) is 6.99. The first-order valence-corrected chi connectivity index (χ1v) is 11.0. The predicted octanol–water partition coefficient (Wildman–Crippen LogP) is 3.68. The molecular weight excluding hydrogens is 426 g/mol. The molecule has 0 bridgehead atoms. The van der Waals surface area contributed by atoms with Crippen LogP contribution in [-0.4, -0.2) is 69.6 Å². The molecule has 3 aromatic rings. The summed E-state index contributed by atoms with van der Waals surface area (Å²) < 4.78 is 0. The van der Waals surface area contributed by atoms with Gasteiger partial charge in [-0.1, -0.05) is 23.7 Å². The van der Waals surface area contributed by atoms with Crippen LogP contribution >= 0.6 is 11.6 Å². The van der Waals surface area contributed by atoms with Gasteiger partial charge in [0.2, 0.25) is 5.95 Å². The second kappa shape index (κ2) is 10.1. The maximum Gasteiger partial charge on any atom is 0.253 e. The zero-order valence-corrected chi connectivity index (χ0v) is 18.7. The van der Waals surface area contributed by atoms with Gasteiger partial charge in [0.05, 0.1) is 11.8 Å². The number of anilines is 2. The SMILES string of the molecule is C[C@H](O)CN1CCN(C(=O)c2ccc(Nc3nccc(-c4ccc(Cl)cc4)n3)cc2)CC1. The molecule has 0 spiro atoms. The summed E-state index contributed by atoms with van der Waals surface area (Å²) in [5.74, 6) is 0.500. The number of aromatic nitrogens is 2. The smallest absolute Gasteiger partial charge is 0.253 e. The molecule has 0 unspecified atom stereocenters. The van der Waals surface area contributed by atoms with Crippen molar-refractivity contribution < 1.29 is 9.90 Å². The number of benzene rings is 2. The zero-order valence-electron chi connectivity index (χ0n) is 17.9. The van der Waals surface area contributed by atoms with E-state index in [-0.39, 0.29) is 12.0 Å². The van der Waals surface area contributed by atoms with Gasteiger partial charge in [0.1, 0.15) is 0 Å². The highest BCUT2D eigenvalue weighted by atomic mass is 35.5. The monoisotopic (exact) mass is 451 g/mol. The Morgan fingerprint density at radius 1 is 1.06 bits per heavy atom. The number of piperazine rings is 1. The second-order valence-electron chi connectivity index (χ2n) is 7.92. The van der Waals surface area contributed by atoms with E-state index in [9.17, 15) is 9.90 Å². The van der Waals surface area contributed by atoms with Gasteiger partial charge < -0.3 is 15.3 Å². The van der Waals surface area contributed by atoms with E-state index in [4.69, 9.17) is 11.6 Å². The number of nitrogens with one attached hydrogen (secondary N) is 1. The lowest BCUT2D eigenvalue weighted by Crippen LogP contribution is -2.50. The van der Waals surface area contributed by atoms with Crippen molar-refractivity contribution in [3.63, 3.8) is 0 Å². The molecule has 1 aliphatic heterocycles. The number of β-amino-alcohol motifs (C(OH)–C–C–N with tert-alkyl or cyclic N) is 1. The molecule has 2 N–H and O–H groups in total. The summed E-state index contributed by atoms with van der Waals surface area (Å²) in [5.41, 5.74) is 3.20. The van der Waals surface area contributed by atoms with Crippen molar-refractivity contribution >= 4 is 29.1 Å². The highest BCUT2D eigenvalue weighted by molar-refractivity contribution is 6.30. The van der Waals surface area contributed by atoms with Gasteiger partial charge in [0.15, 0.2) is 0 Å². The molecule has 1 saturated heterocycles. The number of halogens is 1. The van der Waals surface area contributed by atoms with E-state index in [1.807, 2.05) is 59.5 Å². The van der Waals surface area contributed by atoms with Crippen LogP contribution in [0.2, 0.25) is 5.02 Å². The van der Waals surface area contributed by atoms with Crippen molar-refractivity contribution in [1.82, 2.24) is 19.8 Å². The quantitative estimate of drug-likeness (QED) is 0.595. The highest BCUT2D eigenvalue weighted by Gasteiger charge is 2.22. The molecule has 8 heteroatoms. The third kappa shape index (κ3) is 5.62. The molecule has 1 aliphatic rings. The maximum absolute atomic E-state index is 12.8. The molecule has 1 atom stereocenters. The fourth-order valence-corrected chi connectivity index (χ4v) is 3.84. The molecule has 7 nitrogen and oxygen atoms in total. The molecule has 1 aromatic heterocycles. The topological polar surface area (TPSA) is 81.6 Å². The minimum Gasteiger partial charge on any atom is -0.392 e. The molecule has 1 fully saturated rings. The van der Waals surface area contributed by atoms with Crippen LogP contribution in [0.3, 0.4) is 0 Å². The summed E-state index contributed by atoms with van der Waals surface area (Å²) in [4.78, 5) is 25.7. The molecule has 1 amide bonds. The third-order valence-corrected chi connectivity index (χ3v) is 5.62. The van der Waals surface area contributed by atoms with E-state index in [0.29, 0.717) is 36.2 Å². The summed E-state index contributed by atoms with van der Waals surface area (Å²) in [6.07, 6.45) is 1.35. The van der Waals surface area contributed by atoms with Crippen molar-refractivity contribution in [3.8, 4) is 11.3 Å². The van der Waals surface area contributed by atoms with E-state index in [2.05, 4.69) is 20.2 Å². The summed E-state index contributed by atoms with van der Waals surface area (Å²) >= 11 is 5.96. The number of aliphatic hydroxyl groups is 1. The van der Waals surface area contributed by atoms with Crippen molar-refractivity contribution in [3.05, 3.63) is 71.4 Å². The van der Waals surface area contributed by atoms with Gasteiger partial charge in [-0.3, -0.25) is 9.69 Å². The summed E-state index contributed by atoms with van der Waals surface area (Å²) in [6, 6.07) is 16.7. The lowest BCUT2D eigenvalue weighted by Gasteiger charge is -2.35. The van der Waals surface area contributed by atoms with E-state index in [1.54, 1.807) is 13.1 Å². The van der Waals surface area contributed by atoms with E-state index < -0.39 is 0 Å². The van der Waals surface area contributed by atoms with Gasteiger partial charge in [-0.25, -0.2) is 9.97 Å². The molecule has 2 aromatic carbocycles. The van der Waals surface area contributed by atoms with E-state index >= 15 is 0 Å². The number of nitrogens with zero attached hydrogens (tertiary/aromatic N) is 4. The summed E-state index contributed by atoms with van der Waals surface area (Å²) in [6.45, 7) is 5.30. The number of aliphatic hydroxyl groups excluding tert-OH is 1. The van der Waals surface area contributed by atoms with E-state index in [1.165, 1.54) is 0 Å². The maximum atomic E-state index is 12.8. The number of carbonyl (C=O) groups excluding carboxylic acids is 1. The zero-order chi connectivity index (χ0) is 22.5. The van der Waals surface area contributed by atoms with Gasteiger partial charge in [0, 0.05) is 60.8 Å². The first-order chi connectivity index (χ1) is 15.5. The summed E-state index contributed by atoms with van der Waals surface area (Å²) in [7, 11) is 0. The molecular formula is C24H26ClN5O2. The number of hydrogen-bond donors (Lipinski definition) is 2. The van der Waals surface area contributed by atoms with Crippen molar-refractivity contribution in [2.75, 3.05) is 38.0 Å². The van der Waals surface area contributed by atoms with Crippen molar-refractivity contribution in [1.29, 1.82) is 0 Å². The minimum absolute atomic E-state index is 0.0224. The molecule has 166 valence electrons. The van der Waals surface area contributed by atoms with Crippen LogP contribution in [0.25, 0.3) is 11.3 Å². The van der Waals surface area contributed by atoms with Gasteiger partial charge in [-0.15, -0.1) is 0 Å². The Labute approximate surface area is 192 Å². The Bertz CT molecular complexity index is 1050. The third-order valence-electron chi connectivity index (χ3n) is 5.37. The van der Waals surface area contributed by atoms with Gasteiger partial charge in [-0.05, 0) is 49.4 Å². The van der Waals surface area contributed by atoms with Crippen LogP contribution in [0.4, 0.5) is 11.6 Å². The van der Waals surface area contributed by atoms with Gasteiger partial charge >= 0.3 is 0 Å². The van der Waals surface area contributed by atoms with Crippen LogP contribution < -0.4 is 5.32 Å². The van der Waals surface area contributed by atoms with Gasteiger partial charge in [0.25, 0.3) is 5.91 Å². The number of hydrogen-bond acceptors (Lipinski definition) is 6. The van der Waals surface area contributed by atoms with Gasteiger partial charge in [-0.2, -0.15) is 0 Å². The average molecular weight is 452 g/mol. The largest absolute Gasteiger partial charge is 0.392 e. The fourth-order valence-electron chi connectivity index (χ4n) is 3.72. The normalized spacial score (nSPS) is 15.4. The minimum atomic E-state index is -0.354. The number of amides is 1. The molecule has 0 aliphatic carbocycles. The second-order valence-corrected chi connectivity index (χ2v) is 8.35. The lowest BCUT2D eigenvalue weighted by atomic mass is 10.1. The van der Waals surface area contributed by atoms with Crippen LogP contribution in [0, 0.1) is 0 Å². The van der Waals surface area contributed by atoms with Crippen molar-refractivity contribution in [2.45, 2.75) is 13.0 Å². The molecule has 0 saturated carbocycles. The Morgan fingerprint density at radius 3 is 2.41 bits per heavy atom. The number of carbonyl (C=O) groups is 1. The predicted molar refractivity (Wildman–Crippen MR) is 126 cm³/mol. The molecule has 32 heavy (non-hydrogen) atoms. The summed E-state index contributed by atoms with van der Waals surface area (Å²) in [5, 5.41) is 13.4. The number of rotatable bonds is 6. The lowest BCUT2D eigenvalue weighted by molar-refractivity contribution is 0.0554. The Morgan fingerprint density at radius 2 is 1.75 bits per heavy atom.